The maximum absolute atomic E-state index is 13.8. The van der Waals surface area contributed by atoms with Gasteiger partial charge in [-0.1, -0.05) is 26.0 Å². The Kier molecular flexibility index (Phi) is 3.77. The lowest BCUT2D eigenvalue weighted by Gasteiger charge is -2.08. The van der Waals surface area contributed by atoms with Gasteiger partial charge in [-0.2, -0.15) is 5.10 Å². The molecule has 0 unspecified atom stereocenters. The Hall–Kier alpha value is -1.68. The van der Waals surface area contributed by atoms with Gasteiger partial charge in [-0.25, -0.2) is 4.39 Å². The molecule has 18 heavy (non-hydrogen) atoms. The molecule has 0 aliphatic carbocycles. The van der Waals surface area contributed by atoms with Crippen molar-refractivity contribution in [2.75, 3.05) is 0 Å². The molecule has 2 rings (SSSR count). The summed E-state index contributed by atoms with van der Waals surface area (Å²) >= 11 is 0. The maximum Gasteiger partial charge on any atom is 0.132 e. The zero-order valence-corrected chi connectivity index (χ0v) is 10.9. The van der Waals surface area contributed by atoms with Crippen molar-refractivity contribution >= 4 is 0 Å². The molecule has 0 spiro atoms. The summed E-state index contributed by atoms with van der Waals surface area (Å²) in [5.41, 5.74) is 2.28. The molecule has 0 bridgehead atoms. The lowest BCUT2D eigenvalue weighted by molar-refractivity contribution is 0.588. The number of benzene rings is 1. The molecule has 0 saturated heterocycles. The van der Waals surface area contributed by atoms with Crippen LogP contribution in [-0.4, -0.2) is 15.8 Å². The molecule has 0 fully saturated rings. The molecule has 2 aromatic rings. The summed E-state index contributed by atoms with van der Waals surface area (Å²) in [7, 11) is 1.85. The summed E-state index contributed by atoms with van der Waals surface area (Å²) in [4.78, 5) is 0. The highest BCUT2D eigenvalue weighted by atomic mass is 19.1. The Labute approximate surface area is 107 Å². The number of aromatic nitrogens is 2. The lowest BCUT2D eigenvalue weighted by Crippen LogP contribution is -2.21. The Bertz CT molecular complexity index is 532. The SMILES string of the molecule is CC(C)NCc1cn(C)nc1-c1ccccc1F. The molecule has 1 aromatic carbocycles. The standard InChI is InChI=1S/C14H18FN3/c1-10(2)16-8-11-9-18(3)17-14(11)12-6-4-5-7-13(12)15/h4-7,9-10,16H,8H2,1-3H3. The predicted molar refractivity (Wildman–Crippen MR) is 70.6 cm³/mol. The highest BCUT2D eigenvalue weighted by molar-refractivity contribution is 5.63. The first kappa shape index (κ1) is 12.8. The molecule has 0 amide bonds. The topological polar surface area (TPSA) is 29.9 Å². The van der Waals surface area contributed by atoms with Crippen LogP contribution in [0.4, 0.5) is 4.39 Å². The van der Waals surface area contributed by atoms with Gasteiger partial charge in [-0.3, -0.25) is 4.68 Å². The first-order chi connectivity index (χ1) is 8.58. The second-order valence-corrected chi connectivity index (χ2v) is 4.69. The van der Waals surface area contributed by atoms with Crippen LogP contribution in [-0.2, 0) is 13.6 Å². The highest BCUT2D eigenvalue weighted by Crippen LogP contribution is 2.24. The quantitative estimate of drug-likeness (QED) is 0.900. The van der Waals surface area contributed by atoms with E-state index in [-0.39, 0.29) is 5.82 Å². The third kappa shape index (κ3) is 2.76. The predicted octanol–water partition coefficient (Wildman–Crippen LogP) is 2.72. The fourth-order valence-corrected chi connectivity index (χ4v) is 1.86. The summed E-state index contributed by atoms with van der Waals surface area (Å²) in [6, 6.07) is 7.12. The van der Waals surface area contributed by atoms with Gasteiger partial charge in [0.25, 0.3) is 0 Å². The van der Waals surface area contributed by atoms with Crippen molar-refractivity contribution in [3.63, 3.8) is 0 Å². The maximum atomic E-state index is 13.8. The van der Waals surface area contributed by atoms with E-state index in [1.165, 1.54) is 6.07 Å². The van der Waals surface area contributed by atoms with E-state index in [9.17, 15) is 4.39 Å². The van der Waals surface area contributed by atoms with Gasteiger partial charge in [0.15, 0.2) is 0 Å². The fourth-order valence-electron chi connectivity index (χ4n) is 1.86. The third-order valence-corrected chi connectivity index (χ3v) is 2.73. The van der Waals surface area contributed by atoms with Gasteiger partial charge >= 0.3 is 0 Å². The Morgan fingerprint density at radius 2 is 2.06 bits per heavy atom. The Balaban J connectivity index is 2.36. The van der Waals surface area contributed by atoms with Gasteiger partial charge < -0.3 is 5.32 Å². The van der Waals surface area contributed by atoms with Crippen molar-refractivity contribution in [3.05, 3.63) is 41.8 Å². The number of hydrogen-bond donors (Lipinski definition) is 1. The summed E-state index contributed by atoms with van der Waals surface area (Å²) < 4.78 is 15.5. The number of nitrogens with zero attached hydrogens (tertiary/aromatic N) is 2. The number of hydrogen-bond acceptors (Lipinski definition) is 2. The second kappa shape index (κ2) is 5.31. The van der Waals surface area contributed by atoms with E-state index < -0.39 is 0 Å². The van der Waals surface area contributed by atoms with Crippen LogP contribution in [0.3, 0.4) is 0 Å². The zero-order chi connectivity index (χ0) is 13.1. The van der Waals surface area contributed by atoms with Crippen molar-refractivity contribution < 1.29 is 4.39 Å². The molecule has 4 heteroatoms. The molecule has 3 nitrogen and oxygen atoms in total. The normalized spacial score (nSPS) is 11.2. The number of nitrogens with one attached hydrogen (secondary N) is 1. The molecule has 0 saturated carbocycles. The fraction of sp³-hybridized carbons (Fsp3) is 0.357. The number of aryl methyl sites for hydroxylation is 1. The molecule has 0 radical (unpaired) electrons. The van der Waals surface area contributed by atoms with Crippen LogP contribution in [0.2, 0.25) is 0 Å². The molecule has 1 N–H and O–H groups in total. The van der Waals surface area contributed by atoms with Crippen LogP contribution in [0.1, 0.15) is 19.4 Å². The van der Waals surface area contributed by atoms with Crippen LogP contribution >= 0.6 is 0 Å². The van der Waals surface area contributed by atoms with Crippen LogP contribution in [0.5, 0.6) is 0 Å². The molecular formula is C14H18FN3. The average molecular weight is 247 g/mol. The Morgan fingerprint density at radius 3 is 2.72 bits per heavy atom. The minimum atomic E-state index is -0.234. The molecule has 0 atom stereocenters. The van der Waals surface area contributed by atoms with E-state index in [0.717, 1.165) is 5.56 Å². The Morgan fingerprint density at radius 1 is 1.33 bits per heavy atom. The summed E-state index contributed by atoms with van der Waals surface area (Å²) in [6.45, 7) is 4.85. The van der Waals surface area contributed by atoms with Crippen LogP contribution in [0.15, 0.2) is 30.5 Å². The van der Waals surface area contributed by atoms with Gasteiger partial charge in [0.1, 0.15) is 5.82 Å². The summed E-state index contributed by atoms with van der Waals surface area (Å²) in [6.07, 6.45) is 1.93. The van der Waals surface area contributed by atoms with Gasteiger partial charge in [0.05, 0.1) is 5.69 Å². The van der Waals surface area contributed by atoms with Gasteiger partial charge in [0.2, 0.25) is 0 Å². The van der Waals surface area contributed by atoms with Crippen LogP contribution in [0.25, 0.3) is 11.3 Å². The smallest absolute Gasteiger partial charge is 0.132 e. The van der Waals surface area contributed by atoms with Gasteiger partial charge in [-0.05, 0) is 12.1 Å². The largest absolute Gasteiger partial charge is 0.310 e. The molecule has 1 heterocycles. The number of halogens is 1. The van der Waals surface area contributed by atoms with Crippen LogP contribution < -0.4 is 5.32 Å². The average Bonchev–Trinajstić information content (AvgIpc) is 2.68. The molecular weight excluding hydrogens is 229 g/mol. The first-order valence-corrected chi connectivity index (χ1v) is 6.08. The lowest BCUT2D eigenvalue weighted by atomic mass is 10.1. The second-order valence-electron chi connectivity index (χ2n) is 4.69. The van der Waals surface area contributed by atoms with E-state index in [1.54, 1.807) is 16.8 Å². The highest BCUT2D eigenvalue weighted by Gasteiger charge is 2.13. The van der Waals surface area contributed by atoms with Crippen molar-refractivity contribution in [1.82, 2.24) is 15.1 Å². The molecule has 1 aromatic heterocycles. The summed E-state index contributed by atoms with van der Waals surface area (Å²) in [5, 5.41) is 7.69. The van der Waals surface area contributed by atoms with Gasteiger partial charge in [-0.15, -0.1) is 0 Å². The van der Waals surface area contributed by atoms with Crippen LogP contribution in [0, 0.1) is 5.82 Å². The van der Waals surface area contributed by atoms with E-state index in [0.29, 0.717) is 23.8 Å². The summed E-state index contributed by atoms with van der Waals surface area (Å²) in [5.74, 6) is -0.234. The van der Waals surface area contributed by atoms with E-state index in [1.807, 2.05) is 19.3 Å². The van der Waals surface area contributed by atoms with E-state index in [2.05, 4.69) is 24.3 Å². The monoisotopic (exact) mass is 247 g/mol. The third-order valence-electron chi connectivity index (χ3n) is 2.73. The van der Waals surface area contributed by atoms with Gasteiger partial charge in [0, 0.05) is 37.0 Å². The minimum Gasteiger partial charge on any atom is -0.310 e. The van der Waals surface area contributed by atoms with E-state index in [4.69, 9.17) is 0 Å². The molecule has 0 aliphatic rings. The van der Waals surface area contributed by atoms with E-state index >= 15 is 0 Å². The van der Waals surface area contributed by atoms with Crippen molar-refractivity contribution in [2.24, 2.45) is 7.05 Å². The van der Waals surface area contributed by atoms with Crippen molar-refractivity contribution in [1.29, 1.82) is 0 Å². The molecule has 0 aliphatic heterocycles. The van der Waals surface area contributed by atoms with Crippen molar-refractivity contribution in [2.45, 2.75) is 26.4 Å². The number of rotatable bonds is 4. The minimum absolute atomic E-state index is 0.234. The van der Waals surface area contributed by atoms with Crippen molar-refractivity contribution in [3.8, 4) is 11.3 Å². The molecule has 96 valence electrons. The zero-order valence-electron chi connectivity index (χ0n) is 10.9. The first-order valence-electron chi connectivity index (χ1n) is 6.08.